The summed E-state index contributed by atoms with van der Waals surface area (Å²) in [5, 5.41) is 0. The van der Waals surface area contributed by atoms with Crippen LogP contribution in [-0.2, 0) is 12.3 Å². The first-order chi connectivity index (χ1) is 10.4. The smallest absolute Gasteiger partial charge is 0.279 e. The maximum Gasteiger partial charge on any atom is 0.279 e. The Morgan fingerprint density at radius 2 is 1.86 bits per heavy atom. The van der Waals surface area contributed by atoms with Crippen molar-refractivity contribution in [3.63, 3.8) is 0 Å². The molecule has 0 radical (unpaired) electrons. The van der Waals surface area contributed by atoms with Crippen molar-refractivity contribution in [3.05, 3.63) is 29.1 Å². The Morgan fingerprint density at radius 1 is 1.18 bits per heavy atom. The van der Waals surface area contributed by atoms with E-state index in [9.17, 15) is 13.2 Å². The lowest BCUT2D eigenvalue weighted by atomic mass is 9.74. The second kappa shape index (κ2) is 5.78. The fourth-order valence-corrected chi connectivity index (χ4v) is 4.10. The maximum absolute atomic E-state index is 14.9. The molecule has 0 amide bonds. The SMILES string of the molecule is CCOc1ccc2c(c1F)C(F)(F)C(C1CCC(C)CC1)C2. The van der Waals surface area contributed by atoms with Crippen molar-refractivity contribution in [2.75, 3.05) is 6.61 Å². The predicted octanol–water partition coefficient (Wildman–Crippen LogP) is 5.31. The van der Waals surface area contributed by atoms with Gasteiger partial charge in [0.2, 0.25) is 0 Å². The topological polar surface area (TPSA) is 9.23 Å². The van der Waals surface area contributed by atoms with Crippen molar-refractivity contribution in [1.29, 1.82) is 0 Å². The van der Waals surface area contributed by atoms with Gasteiger partial charge in [-0.25, -0.2) is 13.2 Å². The zero-order valence-electron chi connectivity index (χ0n) is 13.2. The summed E-state index contributed by atoms with van der Waals surface area (Å²) in [6.45, 7) is 4.16. The van der Waals surface area contributed by atoms with Crippen LogP contribution in [0.15, 0.2) is 12.1 Å². The van der Waals surface area contributed by atoms with Gasteiger partial charge in [-0.3, -0.25) is 0 Å². The predicted molar refractivity (Wildman–Crippen MR) is 79.8 cm³/mol. The average molecular weight is 312 g/mol. The molecule has 22 heavy (non-hydrogen) atoms. The van der Waals surface area contributed by atoms with Gasteiger partial charge in [-0.05, 0) is 49.7 Å². The lowest BCUT2D eigenvalue weighted by Crippen LogP contribution is -2.31. The molecule has 4 heteroatoms. The number of ether oxygens (including phenoxy) is 1. The highest BCUT2D eigenvalue weighted by Gasteiger charge is 2.53. The van der Waals surface area contributed by atoms with Gasteiger partial charge < -0.3 is 4.74 Å². The first-order valence-corrected chi connectivity index (χ1v) is 8.27. The molecule has 0 aromatic heterocycles. The number of halogens is 3. The Bertz CT molecular complexity index is 548. The van der Waals surface area contributed by atoms with Gasteiger partial charge in [0.15, 0.2) is 11.6 Å². The Labute approximate surface area is 129 Å². The van der Waals surface area contributed by atoms with Gasteiger partial charge in [-0.15, -0.1) is 0 Å². The van der Waals surface area contributed by atoms with Crippen LogP contribution in [0.1, 0.15) is 50.7 Å². The molecular formula is C18H23F3O. The third-order valence-electron chi connectivity index (χ3n) is 5.36. The molecule has 1 saturated carbocycles. The van der Waals surface area contributed by atoms with E-state index >= 15 is 0 Å². The van der Waals surface area contributed by atoms with Crippen molar-refractivity contribution in [2.45, 2.75) is 51.9 Å². The minimum Gasteiger partial charge on any atom is -0.491 e. The Balaban J connectivity index is 1.90. The van der Waals surface area contributed by atoms with Crippen LogP contribution in [0.5, 0.6) is 5.75 Å². The molecule has 1 aromatic rings. The molecule has 1 atom stereocenters. The highest BCUT2D eigenvalue weighted by molar-refractivity contribution is 5.44. The van der Waals surface area contributed by atoms with E-state index in [1.54, 1.807) is 13.0 Å². The molecule has 2 aliphatic carbocycles. The molecule has 0 saturated heterocycles. The Hall–Kier alpha value is -1.19. The fraction of sp³-hybridized carbons (Fsp3) is 0.667. The lowest BCUT2D eigenvalue weighted by molar-refractivity contribution is -0.0837. The zero-order valence-corrected chi connectivity index (χ0v) is 13.2. The van der Waals surface area contributed by atoms with Gasteiger partial charge >= 0.3 is 0 Å². The van der Waals surface area contributed by atoms with Gasteiger partial charge in [0, 0.05) is 5.92 Å². The number of alkyl halides is 2. The van der Waals surface area contributed by atoms with Crippen LogP contribution in [0.25, 0.3) is 0 Å². The van der Waals surface area contributed by atoms with Crippen LogP contribution in [-0.4, -0.2) is 6.61 Å². The molecule has 2 aliphatic rings. The second-order valence-electron chi connectivity index (χ2n) is 6.80. The molecular weight excluding hydrogens is 289 g/mol. The molecule has 0 heterocycles. The van der Waals surface area contributed by atoms with Crippen LogP contribution < -0.4 is 4.74 Å². The third-order valence-corrected chi connectivity index (χ3v) is 5.36. The molecule has 1 unspecified atom stereocenters. The van der Waals surface area contributed by atoms with Crippen LogP contribution in [0.3, 0.4) is 0 Å². The minimum absolute atomic E-state index is 0.00598. The molecule has 0 N–H and O–H groups in total. The fourth-order valence-electron chi connectivity index (χ4n) is 4.10. The van der Waals surface area contributed by atoms with Crippen LogP contribution in [0, 0.1) is 23.6 Å². The van der Waals surface area contributed by atoms with E-state index in [1.807, 2.05) is 0 Å². The van der Waals surface area contributed by atoms with Gasteiger partial charge in [-0.1, -0.05) is 25.8 Å². The van der Waals surface area contributed by atoms with Crippen molar-refractivity contribution in [1.82, 2.24) is 0 Å². The first kappa shape index (κ1) is 15.7. The molecule has 1 aromatic carbocycles. The monoisotopic (exact) mass is 312 g/mol. The number of fused-ring (bicyclic) bond motifs is 1. The van der Waals surface area contributed by atoms with Gasteiger partial charge in [0.05, 0.1) is 12.2 Å². The van der Waals surface area contributed by atoms with Crippen LogP contribution in [0.4, 0.5) is 13.2 Å². The lowest BCUT2D eigenvalue weighted by Gasteiger charge is -2.33. The van der Waals surface area contributed by atoms with Crippen molar-refractivity contribution in [3.8, 4) is 5.75 Å². The summed E-state index contributed by atoms with van der Waals surface area (Å²) in [5.74, 6) is -4.16. The van der Waals surface area contributed by atoms with E-state index in [2.05, 4.69) is 6.92 Å². The Kier molecular flexibility index (Phi) is 4.13. The quantitative estimate of drug-likeness (QED) is 0.734. The third kappa shape index (κ3) is 2.50. The first-order valence-electron chi connectivity index (χ1n) is 8.27. The summed E-state index contributed by atoms with van der Waals surface area (Å²) in [6, 6.07) is 3.10. The van der Waals surface area contributed by atoms with Crippen LogP contribution >= 0.6 is 0 Å². The van der Waals surface area contributed by atoms with Gasteiger partial charge in [-0.2, -0.15) is 0 Å². The summed E-state index contributed by atoms with van der Waals surface area (Å²) in [6.07, 6.45) is 3.94. The van der Waals surface area contributed by atoms with Crippen LogP contribution in [0.2, 0.25) is 0 Å². The molecule has 3 rings (SSSR count). The van der Waals surface area contributed by atoms with E-state index in [1.165, 1.54) is 6.07 Å². The molecule has 1 fully saturated rings. The molecule has 122 valence electrons. The largest absolute Gasteiger partial charge is 0.491 e. The van der Waals surface area contributed by atoms with Crippen molar-refractivity contribution < 1.29 is 17.9 Å². The standard InChI is InChI=1S/C18H23F3O/c1-3-22-15-9-8-13-10-14(12-6-4-11(2)5-7-12)18(20,21)16(13)17(15)19/h8-9,11-12,14H,3-7,10H2,1-2H3. The highest BCUT2D eigenvalue weighted by Crippen LogP contribution is 2.54. The number of rotatable bonds is 3. The molecule has 0 spiro atoms. The maximum atomic E-state index is 14.9. The summed E-state index contributed by atoms with van der Waals surface area (Å²) >= 11 is 0. The van der Waals surface area contributed by atoms with E-state index < -0.39 is 23.2 Å². The van der Waals surface area contributed by atoms with E-state index in [-0.39, 0.29) is 24.7 Å². The van der Waals surface area contributed by atoms with Crippen molar-refractivity contribution in [2.24, 2.45) is 17.8 Å². The summed E-state index contributed by atoms with van der Waals surface area (Å²) < 4.78 is 49.3. The average Bonchev–Trinajstić information content (AvgIpc) is 2.75. The summed E-state index contributed by atoms with van der Waals surface area (Å²) in [4.78, 5) is 0. The summed E-state index contributed by atoms with van der Waals surface area (Å²) in [5.41, 5.74) is 0.0386. The minimum atomic E-state index is -3.09. The molecule has 0 bridgehead atoms. The van der Waals surface area contributed by atoms with Crippen molar-refractivity contribution >= 4 is 0 Å². The highest BCUT2D eigenvalue weighted by atomic mass is 19.3. The van der Waals surface area contributed by atoms with Gasteiger partial charge in [0.25, 0.3) is 5.92 Å². The zero-order chi connectivity index (χ0) is 15.9. The molecule has 1 nitrogen and oxygen atoms in total. The molecule has 0 aliphatic heterocycles. The van der Waals surface area contributed by atoms with E-state index in [0.29, 0.717) is 11.5 Å². The Morgan fingerprint density at radius 3 is 2.50 bits per heavy atom. The van der Waals surface area contributed by atoms with E-state index in [0.717, 1.165) is 25.7 Å². The summed E-state index contributed by atoms with van der Waals surface area (Å²) in [7, 11) is 0. The normalized spacial score (nSPS) is 30.1. The van der Waals surface area contributed by atoms with E-state index in [4.69, 9.17) is 4.74 Å². The van der Waals surface area contributed by atoms with Gasteiger partial charge in [0.1, 0.15) is 0 Å². The number of hydrogen-bond acceptors (Lipinski definition) is 1. The second-order valence-corrected chi connectivity index (χ2v) is 6.80. The number of hydrogen-bond donors (Lipinski definition) is 0. The number of benzene rings is 1.